The third-order valence-corrected chi connectivity index (χ3v) is 4.87. The summed E-state index contributed by atoms with van der Waals surface area (Å²) in [5.41, 5.74) is 4.88. The molecule has 0 aliphatic carbocycles. The smallest absolute Gasteiger partial charge is 0.166 e. The van der Waals surface area contributed by atoms with E-state index in [2.05, 4.69) is 5.32 Å². The van der Waals surface area contributed by atoms with Crippen LogP contribution in [0.25, 0.3) is 0 Å². The van der Waals surface area contributed by atoms with E-state index in [1.807, 2.05) is 60.7 Å². The minimum absolute atomic E-state index is 0.269. The Hall–Kier alpha value is -2.82. The Morgan fingerprint density at radius 2 is 1.89 bits per heavy atom. The average Bonchev–Trinajstić information content (AvgIpc) is 2.88. The van der Waals surface area contributed by atoms with Gasteiger partial charge in [-0.3, -0.25) is 4.99 Å². The molecule has 0 aromatic heterocycles. The van der Waals surface area contributed by atoms with Crippen molar-refractivity contribution in [1.29, 1.82) is 0 Å². The first-order valence-corrected chi connectivity index (χ1v) is 9.63. The molecule has 0 radical (unpaired) electrons. The number of halogens is 1. The van der Waals surface area contributed by atoms with Crippen LogP contribution in [0.5, 0.6) is 5.75 Å². The lowest BCUT2D eigenvalue weighted by Crippen LogP contribution is -2.22. The van der Waals surface area contributed by atoms with Crippen molar-refractivity contribution >= 4 is 23.0 Å². The second kappa shape index (κ2) is 8.46. The first-order chi connectivity index (χ1) is 13.7. The number of benzene rings is 3. The molecule has 142 valence electrons. The number of hydrogen-bond donors (Lipinski definition) is 2. The van der Waals surface area contributed by atoms with Gasteiger partial charge in [0.05, 0.1) is 18.9 Å². The quantitative estimate of drug-likeness (QED) is 0.649. The minimum Gasteiger partial charge on any atom is -0.508 e. The number of nitrogens with zero attached hydrogens (tertiary/aromatic N) is 1. The topological polar surface area (TPSA) is 53.9 Å². The summed E-state index contributed by atoms with van der Waals surface area (Å²) in [6, 6.07) is 23.1. The molecule has 4 nitrogen and oxygen atoms in total. The van der Waals surface area contributed by atoms with Crippen molar-refractivity contribution in [3.05, 3.63) is 94.5 Å². The standard InChI is InChI=1S/C23H21ClN2O2/c24-18-9-10-21-20(14-18)23(17-6-2-1-3-7-17)26-22(15-25-21)28-12-11-16-5-4-8-19(27)13-16/h1-10,13-14,22,25,27H,11-12,15H2. The normalized spacial score (nSPS) is 15.9. The number of rotatable bonds is 5. The lowest BCUT2D eigenvalue weighted by atomic mass is 10.0. The van der Waals surface area contributed by atoms with Gasteiger partial charge in [0.15, 0.2) is 6.23 Å². The summed E-state index contributed by atoms with van der Waals surface area (Å²) >= 11 is 6.25. The monoisotopic (exact) mass is 392 g/mol. The molecule has 0 bridgehead atoms. The number of nitrogens with one attached hydrogen (secondary N) is 1. The zero-order valence-corrected chi connectivity index (χ0v) is 16.1. The number of anilines is 1. The third kappa shape index (κ3) is 4.35. The Morgan fingerprint density at radius 3 is 2.71 bits per heavy atom. The zero-order chi connectivity index (χ0) is 19.3. The van der Waals surface area contributed by atoms with Crippen molar-refractivity contribution in [2.75, 3.05) is 18.5 Å². The fourth-order valence-electron chi connectivity index (χ4n) is 3.27. The molecule has 1 unspecified atom stereocenters. The summed E-state index contributed by atoms with van der Waals surface area (Å²) in [4.78, 5) is 4.90. The van der Waals surface area contributed by atoms with E-state index in [1.165, 1.54) is 0 Å². The molecule has 28 heavy (non-hydrogen) atoms. The maximum atomic E-state index is 9.60. The fourth-order valence-corrected chi connectivity index (χ4v) is 3.44. The van der Waals surface area contributed by atoms with Crippen molar-refractivity contribution in [2.24, 2.45) is 4.99 Å². The predicted molar refractivity (Wildman–Crippen MR) is 114 cm³/mol. The fraction of sp³-hybridized carbons (Fsp3) is 0.174. The van der Waals surface area contributed by atoms with Crippen LogP contribution >= 0.6 is 11.6 Å². The molecule has 0 amide bonds. The van der Waals surface area contributed by atoms with Crippen molar-refractivity contribution in [3.8, 4) is 5.75 Å². The van der Waals surface area contributed by atoms with E-state index in [9.17, 15) is 5.11 Å². The molecular formula is C23H21ClN2O2. The Labute approximate surface area is 169 Å². The molecule has 0 saturated heterocycles. The van der Waals surface area contributed by atoms with Gasteiger partial charge < -0.3 is 15.2 Å². The van der Waals surface area contributed by atoms with Crippen LogP contribution in [0.15, 0.2) is 77.8 Å². The molecular weight excluding hydrogens is 372 g/mol. The maximum absolute atomic E-state index is 9.60. The van der Waals surface area contributed by atoms with Crippen LogP contribution in [0.4, 0.5) is 5.69 Å². The maximum Gasteiger partial charge on any atom is 0.166 e. The van der Waals surface area contributed by atoms with Crippen LogP contribution < -0.4 is 5.32 Å². The number of phenols is 1. The number of phenolic OH excluding ortho intramolecular Hbond substituents is 1. The van der Waals surface area contributed by atoms with Crippen LogP contribution in [-0.4, -0.2) is 30.2 Å². The molecule has 4 rings (SSSR count). The van der Waals surface area contributed by atoms with Crippen molar-refractivity contribution in [1.82, 2.24) is 0 Å². The second-order valence-electron chi connectivity index (χ2n) is 6.66. The van der Waals surface area contributed by atoms with E-state index in [-0.39, 0.29) is 12.0 Å². The number of aromatic hydroxyl groups is 1. The number of fused-ring (bicyclic) bond motifs is 1. The van der Waals surface area contributed by atoms with Gasteiger partial charge in [0.1, 0.15) is 5.75 Å². The Bertz CT molecular complexity index is 989. The Kier molecular flexibility index (Phi) is 5.60. The number of benzodiazepines with no additional fused rings is 1. The van der Waals surface area contributed by atoms with Gasteiger partial charge in [0.2, 0.25) is 0 Å². The Morgan fingerprint density at radius 1 is 1.04 bits per heavy atom. The lowest BCUT2D eigenvalue weighted by molar-refractivity contribution is 0.0710. The minimum atomic E-state index is -0.321. The lowest BCUT2D eigenvalue weighted by Gasteiger charge is -2.14. The van der Waals surface area contributed by atoms with Gasteiger partial charge in [-0.15, -0.1) is 0 Å². The predicted octanol–water partition coefficient (Wildman–Crippen LogP) is 4.89. The van der Waals surface area contributed by atoms with E-state index in [0.29, 0.717) is 24.6 Å². The molecule has 1 heterocycles. The van der Waals surface area contributed by atoms with Crippen LogP contribution in [0, 0.1) is 0 Å². The second-order valence-corrected chi connectivity index (χ2v) is 7.10. The average molecular weight is 393 g/mol. The molecule has 3 aromatic rings. The summed E-state index contributed by atoms with van der Waals surface area (Å²) in [7, 11) is 0. The SMILES string of the molecule is Oc1cccc(CCOC2CNc3ccc(Cl)cc3C(c3ccccc3)=N2)c1. The van der Waals surface area contributed by atoms with E-state index in [0.717, 1.165) is 28.1 Å². The van der Waals surface area contributed by atoms with E-state index < -0.39 is 0 Å². The van der Waals surface area contributed by atoms with Crippen molar-refractivity contribution < 1.29 is 9.84 Å². The first-order valence-electron chi connectivity index (χ1n) is 9.25. The highest BCUT2D eigenvalue weighted by Crippen LogP contribution is 2.27. The Balaban J connectivity index is 1.56. The van der Waals surface area contributed by atoms with Crippen LogP contribution in [0.3, 0.4) is 0 Å². The van der Waals surface area contributed by atoms with Gasteiger partial charge in [-0.2, -0.15) is 0 Å². The molecule has 1 atom stereocenters. The zero-order valence-electron chi connectivity index (χ0n) is 15.3. The summed E-state index contributed by atoms with van der Waals surface area (Å²) in [5.74, 6) is 0.269. The summed E-state index contributed by atoms with van der Waals surface area (Å²) < 4.78 is 6.06. The number of hydrogen-bond acceptors (Lipinski definition) is 4. The molecule has 2 N–H and O–H groups in total. The van der Waals surface area contributed by atoms with Crippen molar-refractivity contribution in [2.45, 2.75) is 12.6 Å². The number of ether oxygens (including phenoxy) is 1. The largest absolute Gasteiger partial charge is 0.508 e. The van der Waals surface area contributed by atoms with Gasteiger partial charge in [-0.1, -0.05) is 54.1 Å². The van der Waals surface area contributed by atoms with E-state index in [4.69, 9.17) is 21.3 Å². The number of aliphatic imine (C=N–C) groups is 1. The van der Waals surface area contributed by atoms with Crippen LogP contribution in [-0.2, 0) is 11.2 Å². The summed E-state index contributed by atoms with van der Waals surface area (Å²) in [6.45, 7) is 1.09. The molecule has 0 spiro atoms. The highest BCUT2D eigenvalue weighted by atomic mass is 35.5. The van der Waals surface area contributed by atoms with Gasteiger partial charge in [-0.25, -0.2) is 0 Å². The molecule has 0 fully saturated rings. The highest BCUT2D eigenvalue weighted by molar-refractivity contribution is 6.31. The van der Waals surface area contributed by atoms with Crippen molar-refractivity contribution in [3.63, 3.8) is 0 Å². The molecule has 0 saturated carbocycles. The van der Waals surface area contributed by atoms with E-state index >= 15 is 0 Å². The first kappa shape index (κ1) is 18.5. The summed E-state index contributed by atoms with van der Waals surface area (Å²) in [6.07, 6.45) is 0.388. The van der Waals surface area contributed by atoms with E-state index in [1.54, 1.807) is 12.1 Å². The molecule has 3 aromatic carbocycles. The molecule has 5 heteroatoms. The molecule has 1 aliphatic heterocycles. The van der Waals surface area contributed by atoms with Crippen LogP contribution in [0.2, 0.25) is 5.02 Å². The van der Waals surface area contributed by atoms with Gasteiger partial charge >= 0.3 is 0 Å². The van der Waals surface area contributed by atoms with Crippen LogP contribution in [0.1, 0.15) is 16.7 Å². The van der Waals surface area contributed by atoms with Gasteiger partial charge in [0.25, 0.3) is 0 Å². The van der Waals surface area contributed by atoms with Gasteiger partial charge in [0, 0.05) is 21.8 Å². The third-order valence-electron chi connectivity index (χ3n) is 4.64. The molecule has 1 aliphatic rings. The highest BCUT2D eigenvalue weighted by Gasteiger charge is 2.20. The van der Waals surface area contributed by atoms with Gasteiger partial charge in [-0.05, 0) is 42.3 Å². The summed E-state index contributed by atoms with van der Waals surface area (Å²) in [5, 5.41) is 13.7.